The molecule has 2 aromatic heterocycles. The first-order chi connectivity index (χ1) is 10.2. The lowest BCUT2D eigenvalue weighted by molar-refractivity contribution is -0.118. The van der Waals surface area contributed by atoms with E-state index in [1.807, 2.05) is 4.90 Å². The molecule has 3 rings (SSSR count). The van der Waals surface area contributed by atoms with Gasteiger partial charge in [0.1, 0.15) is 5.78 Å². The van der Waals surface area contributed by atoms with Crippen molar-refractivity contribution in [1.82, 2.24) is 19.5 Å². The molecule has 6 heteroatoms. The minimum Gasteiger partial charge on any atom is -0.335 e. The highest BCUT2D eigenvalue weighted by Crippen LogP contribution is 2.23. The van der Waals surface area contributed by atoms with Gasteiger partial charge >= 0.3 is 0 Å². The summed E-state index contributed by atoms with van der Waals surface area (Å²) in [6, 6.07) is 0.00960. The van der Waals surface area contributed by atoms with Crippen molar-refractivity contribution in [2.75, 3.05) is 6.54 Å². The Labute approximate surface area is 122 Å². The van der Waals surface area contributed by atoms with Crippen molar-refractivity contribution in [3.05, 3.63) is 30.4 Å². The number of hydrogen-bond donors (Lipinski definition) is 0. The third-order valence-electron chi connectivity index (χ3n) is 3.97. The van der Waals surface area contributed by atoms with E-state index in [9.17, 15) is 9.59 Å². The van der Waals surface area contributed by atoms with E-state index in [-0.39, 0.29) is 17.7 Å². The number of hydrogen-bond acceptors (Lipinski definition) is 4. The summed E-state index contributed by atoms with van der Waals surface area (Å²) in [4.78, 5) is 30.1. The van der Waals surface area contributed by atoms with Gasteiger partial charge in [-0.1, -0.05) is 0 Å². The largest absolute Gasteiger partial charge is 0.335 e. The van der Waals surface area contributed by atoms with Crippen LogP contribution in [-0.4, -0.2) is 43.8 Å². The molecular formula is C15H18N4O2. The molecule has 6 nitrogen and oxygen atoms in total. The van der Waals surface area contributed by atoms with E-state index in [0.717, 1.165) is 19.3 Å². The zero-order chi connectivity index (χ0) is 14.8. The highest BCUT2D eigenvalue weighted by atomic mass is 16.2. The second-order valence-electron chi connectivity index (χ2n) is 5.52. The molecule has 1 atom stereocenters. The predicted molar refractivity (Wildman–Crippen MR) is 77.0 cm³/mol. The number of fused-ring (bicyclic) bond motifs is 1. The van der Waals surface area contributed by atoms with Gasteiger partial charge < -0.3 is 4.90 Å². The Hall–Kier alpha value is -2.24. The molecule has 0 aromatic carbocycles. The van der Waals surface area contributed by atoms with Crippen LogP contribution in [0.1, 0.15) is 43.0 Å². The quantitative estimate of drug-likeness (QED) is 0.861. The fourth-order valence-corrected chi connectivity index (χ4v) is 2.97. The molecule has 1 fully saturated rings. The van der Waals surface area contributed by atoms with E-state index in [1.54, 1.807) is 36.2 Å². The smallest absolute Gasteiger partial charge is 0.258 e. The molecule has 2 aromatic rings. The third-order valence-corrected chi connectivity index (χ3v) is 3.97. The number of aromatic nitrogens is 3. The van der Waals surface area contributed by atoms with Crippen LogP contribution in [0.5, 0.6) is 0 Å². The van der Waals surface area contributed by atoms with E-state index in [2.05, 4.69) is 10.1 Å². The monoisotopic (exact) mass is 286 g/mol. The predicted octanol–water partition coefficient (Wildman–Crippen LogP) is 1.70. The minimum atomic E-state index is -0.0519. The number of nitrogens with zero attached hydrogens (tertiary/aromatic N) is 4. The summed E-state index contributed by atoms with van der Waals surface area (Å²) in [6.07, 6.45) is 9.95. The molecule has 1 unspecified atom stereocenters. The lowest BCUT2D eigenvalue weighted by Gasteiger charge is -2.35. The number of amides is 1. The van der Waals surface area contributed by atoms with Gasteiger partial charge in [0.05, 0.1) is 23.5 Å². The summed E-state index contributed by atoms with van der Waals surface area (Å²) in [5.41, 5.74) is 1.26. The Morgan fingerprint density at radius 2 is 2.19 bits per heavy atom. The third kappa shape index (κ3) is 2.66. The van der Waals surface area contributed by atoms with Gasteiger partial charge in [-0.2, -0.15) is 5.10 Å². The molecule has 110 valence electrons. The Kier molecular flexibility index (Phi) is 3.68. The SMILES string of the molecule is CC(=O)CC1CCCCN1C(=O)c1cnn2ccncc12. The van der Waals surface area contributed by atoms with Crippen molar-refractivity contribution in [2.24, 2.45) is 0 Å². The molecule has 0 radical (unpaired) electrons. The first-order valence-electron chi connectivity index (χ1n) is 7.24. The number of ketones is 1. The topological polar surface area (TPSA) is 67.6 Å². The first-order valence-corrected chi connectivity index (χ1v) is 7.24. The number of likely N-dealkylation sites (tertiary alicyclic amines) is 1. The second kappa shape index (κ2) is 5.63. The van der Waals surface area contributed by atoms with Gasteiger partial charge in [-0.05, 0) is 26.2 Å². The lowest BCUT2D eigenvalue weighted by Crippen LogP contribution is -2.44. The highest BCUT2D eigenvalue weighted by Gasteiger charge is 2.29. The molecule has 0 bridgehead atoms. The fourth-order valence-electron chi connectivity index (χ4n) is 2.97. The van der Waals surface area contributed by atoms with Crippen LogP contribution >= 0.6 is 0 Å². The zero-order valence-corrected chi connectivity index (χ0v) is 12.0. The Balaban J connectivity index is 1.90. The lowest BCUT2D eigenvalue weighted by atomic mass is 9.97. The van der Waals surface area contributed by atoms with Gasteiger partial charge in [0, 0.05) is 31.4 Å². The van der Waals surface area contributed by atoms with Crippen molar-refractivity contribution < 1.29 is 9.59 Å². The maximum atomic E-state index is 12.8. The van der Waals surface area contributed by atoms with Crippen LogP contribution in [-0.2, 0) is 4.79 Å². The van der Waals surface area contributed by atoms with Crippen molar-refractivity contribution in [1.29, 1.82) is 0 Å². The summed E-state index contributed by atoms with van der Waals surface area (Å²) in [5, 5.41) is 4.18. The van der Waals surface area contributed by atoms with Gasteiger partial charge in [0.25, 0.3) is 5.91 Å². The maximum absolute atomic E-state index is 12.8. The average molecular weight is 286 g/mol. The van der Waals surface area contributed by atoms with E-state index < -0.39 is 0 Å². The van der Waals surface area contributed by atoms with E-state index in [0.29, 0.717) is 24.0 Å². The Morgan fingerprint density at radius 1 is 1.33 bits per heavy atom. The van der Waals surface area contributed by atoms with Crippen LogP contribution in [0.15, 0.2) is 24.8 Å². The molecule has 0 N–H and O–H groups in total. The summed E-state index contributed by atoms with van der Waals surface area (Å²) in [6.45, 7) is 2.28. The summed E-state index contributed by atoms with van der Waals surface area (Å²) in [5.74, 6) is 0.0742. The molecule has 21 heavy (non-hydrogen) atoms. The standard InChI is InChI=1S/C15H18N4O2/c1-11(20)8-12-4-2-3-6-18(12)15(21)13-9-17-19-7-5-16-10-14(13)19/h5,7,9-10,12H,2-4,6,8H2,1H3. The summed E-state index contributed by atoms with van der Waals surface area (Å²) >= 11 is 0. The number of piperidine rings is 1. The molecule has 0 saturated carbocycles. The molecule has 0 aliphatic carbocycles. The average Bonchev–Trinajstić information content (AvgIpc) is 2.90. The number of carbonyl (C=O) groups excluding carboxylic acids is 2. The van der Waals surface area contributed by atoms with Crippen LogP contribution < -0.4 is 0 Å². The van der Waals surface area contributed by atoms with E-state index in [4.69, 9.17) is 0 Å². The van der Waals surface area contributed by atoms with Crippen LogP contribution in [0.25, 0.3) is 5.52 Å². The van der Waals surface area contributed by atoms with E-state index >= 15 is 0 Å². The first kappa shape index (κ1) is 13.7. The maximum Gasteiger partial charge on any atom is 0.258 e. The molecular weight excluding hydrogens is 268 g/mol. The van der Waals surface area contributed by atoms with Gasteiger partial charge in [-0.25, -0.2) is 4.52 Å². The zero-order valence-electron chi connectivity index (χ0n) is 12.0. The molecule has 1 saturated heterocycles. The number of carbonyl (C=O) groups is 2. The van der Waals surface area contributed by atoms with Gasteiger partial charge in [0.15, 0.2) is 0 Å². The Morgan fingerprint density at radius 3 is 3.00 bits per heavy atom. The molecule has 3 heterocycles. The van der Waals surface area contributed by atoms with Crippen LogP contribution in [0, 0.1) is 0 Å². The highest BCUT2D eigenvalue weighted by molar-refractivity contribution is 6.00. The number of rotatable bonds is 3. The minimum absolute atomic E-state index is 0.00960. The molecule has 0 spiro atoms. The number of Topliss-reactive ketones (excluding diaryl/α,β-unsaturated/α-hetero) is 1. The normalized spacial score (nSPS) is 18.9. The van der Waals surface area contributed by atoms with Crippen molar-refractivity contribution >= 4 is 17.2 Å². The van der Waals surface area contributed by atoms with Crippen molar-refractivity contribution in [3.63, 3.8) is 0 Å². The van der Waals surface area contributed by atoms with Gasteiger partial charge in [-0.15, -0.1) is 0 Å². The van der Waals surface area contributed by atoms with Crippen LogP contribution in [0.4, 0.5) is 0 Å². The van der Waals surface area contributed by atoms with E-state index in [1.165, 1.54) is 0 Å². The molecule has 1 aliphatic rings. The van der Waals surface area contributed by atoms with Crippen LogP contribution in [0.2, 0.25) is 0 Å². The molecule has 1 aliphatic heterocycles. The van der Waals surface area contributed by atoms with Gasteiger partial charge in [0.2, 0.25) is 0 Å². The van der Waals surface area contributed by atoms with Crippen LogP contribution in [0.3, 0.4) is 0 Å². The Bertz CT molecular complexity index is 679. The second-order valence-corrected chi connectivity index (χ2v) is 5.52. The summed E-state index contributed by atoms with van der Waals surface area (Å²) < 4.78 is 1.64. The molecule has 1 amide bonds. The van der Waals surface area contributed by atoms with Gasteiger partial charge in [-0.3, -0.25) is 14.6 Å². The fraction of sp³-hybridized carbons (Fsp3) is 0.467. The van der Waals surface area contributed by atoms with Crippen molar-refractivity contribution in [3.8, 4) is 0 Å². The summed E-state index contributed by atoms with van der Waals surface area (Å²) in [7, 11) is 0. The van der Waals surface area contributed by atoms with Crippen molar-refractivity contribution in [2.45, 2.75) is 38.6 Å².